The Bertz CT molecular complexity index is 1050. The zero-order valence-corrected chi connectivity index (χ0v) is 13.6. The van der Waals surface area contributed by atoms with Crippen LogP contribution in [0.1, 0.15) is 11.3 Å². The van der Waals surface area contributed by atoms with Crippen molar-refractivity contribution in [1.29, 1.82) is 0 Å². The summed E-state index contributed by atoms with van der Waals surface area (Å²) in [6, 6.07) is 4.62. The molecule has 2 aromatic heterocycles. The van der Waals surface area contributed by atoms with E-state index in [1.165, 1.54) is 36.3 Å². The predicted molar refractivity (Wildman–Crippen MR) is 94.1 cm³/mol. The molecule has 9 nitrogen and oxygen atoms in total. The number of carbonyl (C=O) groups excluding carboxylic acids is 1. The van der Waals surface area contributed by atoms with Gasteiger partial charge >= 0.3 is 0 Å². The van der Waals surface area contributed by atoms with Crippen LogP contribution in [0.15, 0.2) is 43.1 Å². The lowest BCUT2D eigenvalue weighted by atomic mass is 10.0. The van der Waals surface area contributed by atoms with Gasteiger partial charge in [-0.1, -0.05) is 0 Å². The number of amides is 1. The molecule has 0 saturated carbocycles. The Labute approximate surface area is 147 Å². The molecule has 2 N–H and O–H groups in total. The zero-order valence-electron chi connectivity index (χ0n) is 13.6. The van der Waals surface area contributed by atoms with Crippen LogP contribution in [0, 0.1) is 10.1 Å². The van der Waals surface area contributed by atoms with E-state index in [0.29, 0.717) is 28.3 Å². The lowest BCUT2D eigenvalue weighted by Gasteiger charge is -2.10. The van der Waals surface area contributed by atoms with Crippen molar-refractivity contribution in [2.75, 3.05) is 12.4 Å². The number of rotatable bonds is 4. The Balaban J connectivity index is 2.00. The number of nitrogens with one attached hydrogen (secondary N) is 2. The molecule has 0 fully saturated rings. The van der Waals surface area contributed by atoms with Gasteiger partial charge in [-0.3, -0.25) is 19.5 Å². The largest absolute Gasteiger partial charge is 0.495 e. The van der Waals surface area contributed by atoms with Gasteiger partial charge in [0.05, 0.1) is 35.3 Å². The molecular formula is C17H13N5O4. The summed E-state index contributed by atoms with van der Waals surface area (Å²) in [6.07, 6.45) is 7.87. The molecule has 3 heterocycles. The van der Waals surface area contributed by atoms with Crippen LogP contribution in [0.3, 0.4) is 0 Å². The summed E-state index contributed by atoms with van der Waals surface area (Å²) in [5, 5.41) is 14.3. The molecule has 3 aromatic rings. The fraction of sp³-hybridized carbons (Fsp3) is 0.0588. The number of aromatic amines is 1. The van der Waals surface area contributed by atoms with Gasteiger partial charge < -0.3 is 15.0 Å². The van der Waals surface area contributed by atoms with E-state index in [-0.39, 0.29) is 17.3 Å². The second-order valence-corrected chi connectivity index (χ2v) is 5.55. The first-order valence-corrected chi connectivity index (χ1v) is 7.64. The van der Waals surface area contributed by atoms with Crippen molar-refractivity contribution >= 4 is 28.9 Å². The number of H-pyrrole nitrogens is 1. The summed E-state index contributed by atoms with van der Waals surface area (Å²) in [7, 11) is 1.52. The van der Waals surface area contributed by atoms with E-state index in [2.05, 4.69) is 15.3 Å². The summed E-state index contributed by atoms with van der Waals surface area (Å²) in [5.74, 6) is 0.215. The number of carbonyl (C=O) groups is 1. The van der Waals surface area contributed by atoms with Crippen molar-refractivity contribution in [2.45, 2.75) is 0 Å². The molecular weight excluding hydrogens is 338 g/mol. The maximum Gasteiger partial charge on any atom is 0.294 e. The number of fused-ring (bicyclic) bond motifs is 1. The fourth-order valence-electron chi connectivity index (χ4n) is 3.00. The smallest absolute Gasteiger partial charge is 0.294 e. The first-order chi connectivity index (χ1) is 12.6. The van der Waals surface area contributed by atoms with Gasteiger partial charge in [0.25, 0.3) is 11.6 Å². The van der Waals surface area contributed by atoms with E-state index in [1.54, 1.807) is 24.5 Å². The number of hydrogen-bond acceptors (Lipinski definition) is 5. The number of benzene rings is 1. The van der Waals surface area contributed by atoms with Crippen molar-refractivity contribution in [3.05, 3.63) is 64.5 Å². The molecule has 0 radical (unpaired) electrons. The summed E-state index contributed by atoms with van der Waals surface area (Å²) >= 11 is 0. The number of methoxy groups -OCH3 is 1. The minimum absolute atomic E-state index is 0.123. The number of anilines is 1. The van der Waals surface area contributed by atoms with Gasteiger partial charge in [0, 0.05) is 30.2 Å². The molecule has 4 rings (SSSR count). The third-order valence-corrected chi connectivity index (χ3v) is 4.13. The summed E-state index contributed by atoms with van der Waals surface area (Å²) < 4.78 is 6.78. The standard InChI is InChI=1S/C17H13N5O4/c1-26-14-4-5-19-12(14)8-10-15-11(20-17(10)23)2-3-13(22(24)25)16(15)21-7-6-18-9-21/h2-9,19H,1H3,(H,20,23). The molecule has 0 spiro atoms. The quantitative estimate of drug-likeness (QED) is 0.426. The molecule has 9 heteroatoms. The Hall–Kier alpha value is -3.88. The molecule has 0 saturated heterocycles. The van der Waals surface area contributed by atoms with E-state index in [0.717, 1.165) is 0 Å². The molecule has 1 amide bonds. The van der Waals surface area contributed by atoms with Crippen LogP contribution < -0.4 is 10.1 Å². The van der Waals surface area contributed by atoms with Crippen LogP contribution in [0.25, 0.3) is 17.3 Å². The predicted octanol–water partition coefficient (Wildman–Crippen LogP) is 2.61. The topological polar surface area (TPSA) is 115 Å². The van der Waals surface area contributed by atoms with E-state index >= 15 is 0 Å². The van der Waals surface area contributed by atoms with Gasteiger partial charge in [0.1, 0.15) is 11.4 Å². The Morgan fingerprint density at radius 3 is 2.88 bits per heavy atom. The average molecular weight is 351 g/mol. The third-order valence-electron chi connectivity index (χ3n) is 4.13. The molecule has 130 valence electrons. The number of ether oxygens (including phenoxy) is 1. The minimum Gasteiger partial charge on any atom is -0.495 e. The Morgan fingerprint density at radius 1 is 1.35 bits per heavy atom. The first kappa shape index (κ1) is 15.6. The maximum atomic E-state index is 12.5. The highest BCUT2D eigenvalue weighted by Crippen LogP contribution is 2.42. The molecule has 1 aliphatic heterocycles. The number of nitro groups is 1. The molecule has 1 aliphatic rings. The number of nitro benzene ring substituents is 1. The highest BCUT2D eigenvalue weighted by Gasteiger charge is 2.33. The summed E-state index contributed by atoms with van der Waals surface area (Å²) in [6.45, 7) is 0. The number of hydrogen-bond donors (Lipinski definition) is 2. The molecule has 0 aliphatic carbocycles. The molecule has 26 heavy (non-hydrogen) atoms. The van der Waals surface area contributed by atoms with Crippen molar-refractivity contribution < 1.29 is 14.5 Å². The van der Waals surface area contributed by atoms with Crippen LogP contribution >= 0.6 is 0 Å². The Morgan fingerprint density at radius 2 is 2.19 bits per heavy atom. The van der Waals surface area contributed by atoms with Gasteiger partial charge in [-0.2, -0.15) is 0 Å². The normalized spacial score (nSPS) is 14.3. The molecule has 0 bridgehead atoms. The van der Waals surface area contributed by atoms with Gasteiger partial charge in [-0.05, 0) is 18.2 Å². The molecule has 0 atom stereocenters. The van der Waals surface area contributed by atoms with Gasteiger partial charge in [0.2, 0.25) is 0 Å². The lowest BCUT2D eigenvalue weighted by Crippen LogP contribution is -2.04. The van der Waals surface area contributed by atoms with Crippen LogP contribution in [0.5, 0.6) is 5.75 Å². The number of aromatic nitrogens is 3. The van der Waals surface area contributed by atoms with E-state index in [1.807, 2.05) is 0 Å². The number of nitrogens with zero attached hydrogens (tertiary/aromatic N) is 3. The highest BCUT2D eigenvalue weighted by molar-refractivity contribution is 6.36. The number of imidazole rings is 1. The van der Waals surface area contributed by atoms with Gasteiger partial charge in [-0.25, -0.2) is 4.98 Å². The Kier molecular flexibility index (Phi) is 3.54. The van der Waals surface area contributed by atoms with E-state index in [9.17, 15) is 14.9 Å². The average Bonchev–Trinajstić information content (AvgIpc) is 3.35. The lowest BCUT2D eigenvalue weighted by molar-refractivity contribution is -0.384. The SMILES string of the molecule is COc1cc[nH]c1C=C1C(=O)Nc2ccc([N+](=O)[O-])c(-n3ccnc3)c21. The van der Waals surface area contributed by atoms with E-state index in [4.69, 9.17) is 4.74 Å². The second-order valence-electron chi connectivity index (χ2n) is 5.55. The van der Waals surface area contributed by atoms with Crippen molar-refractivity contribution in [1.82, 2.24) is 14.5 Å². The van der Waals surface area contributed by atoms with Crippen molar-refractivity contribution in [2.24, 2.45) is 0 Å². The minimum atomic E-state index is -0.481. The van der Waals surface area contributed by atoms with Crippen LogP contribution in [-0.2, 0) is 4.79 Å². The third kappa shape index (κ3) is 2.34. The van der Waals surface area contributed by atoms with Crippen molar-refractivity contribution in [3.8, 4) is 11.4 Å². The summed E-state index contributed by atoms with van der Waals surface area (Å²) in [4.78, 5) is 30.5. The van der Waals surface area contributed by atoms with Crippen molar-refractivity contribution in [3.63, 3.8) is 0 Å². The van der Waals surface area contributed by atoms with Crippen LogP contribution in [-0.4, -0.2) is 32.5 Å². The summed E-state index contributed by atoms with van der Waals surface area (Å²) in [5.41, 5.74) is 1.99. The highest BCUT2D eigenvalue weighted by atomic mass is 16.6. The van der Waals surface area contributed by atoms with Crippen LogP contribution in [0.4, 0.5) is 11.4 Å². The van der Waals surface area contributed by atoms with Gasteiger partial charge in [-0.15, -0.1) is 0 Å². The monoisotopic (exact) mass is 351 g/mol. The molecule has 1 aromatic carbocycles. The zero-order chi connectivity index (χ0) is 18.3. The molecule has 0 unspecified atom stereocenters. The van der Waals surface area contributed by atoms with Gasteiger partial charge in [0.15, 0.2) is 0 Å². The van der Waals surface area contributed by atoms with E-state index < -0.39 is 4.92 Å². The van der Waals surface area contributed by atoms with Crippen LogP contribution in [0.2, 0.25) is 0 Å². The second kappa shape index (κ2) is 5.88. The fourth-order valence-corrected chi connectivity index (χ4v) is 3.00. The maximum absolute atomic E-state index is 12.5. The first-order valence-electron chi connectivity index (χ1n) is 7.64.